The van der Waals surface area contributed by atoms with Gasteiger partial charge in [0.1, 0.15) is 24.7 Å². The zero-order chi connectivity index (χ0) is 22.2. The average molecular weight is 494 g/mol. The van der Waals surface area contributed by atoms with Crippen LogP contribution in [0.15, 0.2) is 45.7 Å². The number of nitro groups is 1. The third-order valence-corrected chi connectivity index (χ3v) is 4.24. The number of ether oxygens (including phenoxy) is 1. The summed E-state index contributed by atoms with van der Waals surface area (Å²) in [5.41, 5.74) is -0.175. The Kier molecular flexibility index (Phi) is 7.26. The highest BCUT2D eigenvalue weighted by Gasteiger charge is 2.16. The molecular weight excluding hydrogens is 478 g/mol. The number of hydrogen-bond acceptors (Lipinski definition) is 9. The van der Waals surface area contributed by atoms with Gasteiger partial charge in [-0.1, -0.05) is 21.1 Å². The molecule has 0 fully saturated rings. The minimum Gasteiger partial charge on any atom is -0.484 e. The van der Waals surface area contributed by atoms with Crippen LogP contribution in [0.25, 0.3) is 0 Å². The lowest BCUT2D eigenvalue weighted by molar-refractivity contribution is -0.385. The molecule has 2 N–H and O–H groups in total. The van der Waals surface area contributed by atoms with Gasteiger partial charge in [0.25, 0.3) is 5.91 Å². The lowest BCUT2D eigenvalue weighted by atomic mass is 10.3. The van der Waals surface area contributed by atoms with Crippen molar-refractivity contribution in [2.24, 2.45) is 0 Å². The summed E-state index contributed by atoms with van der Waals surface area (Å²) in [5, 5.41) is 23.2. The molecular formula is C17H16BrN7O6. The summed E-state index contributed by atoms with van der Waals surface area (Å²) >= 11 is 3.31. The molecule has 2 aromatic heterocycles. The quantitative estimate of drug-likeness (QED) is 0.237. The highest BCUT2D eigenvalue weighted by molar-refractivity contribution is 9.10. The SMILES string of the molecule is O=C(COc1ccc(Br)cc1)NCCNC(=O)c1nc(Cn2cc([N+](=O)[O-])cn2)no1. The van der Waals surface area contributed by atoms with Gasteiger partial charge in [-0.15, -0.1) is 0 Å². The molecule has 0 aliphatic carbocycles. The zero-order valence-corrected chi connectivity index (χ0v) is 17.4. The molecule has 0 atom stereocenters. The van der Waals surface area contributed by atoms with E-state index in [-0.39, 0.29) is 49.6 Å². The van der Waals surface area contributed by atoms with Crippen molar-refractivity contribution >= 4 is 33.4 Å². The second kappa shape index (κ2) is 10.3. The first-order valence-corrected chi connectivity index (χ1v) is 9.62. The van der Waals surface area contributed by atoms with Gasteiger partial charge in [-0.3, -0.25) is 24.4 Å². The second-order valence-corrected chi connectivity index (χ2v) is 6.93. The van der Waals surface area contributed by atoms with Crippen LogP contribution in [-0.2, 0) is 11.3 Å². The van der Waals surface area contributed by atoms with Gasteiger partial charge in [0, 0.05) is 17.6 Å². The first-order chi connectivity index (χ1) is 14.9. The van der Waals surface area contributed by atoms with Gasteiger partial charge in [-0.2, -0.15) is 10.1 Å². The smallest absolute Gasteiger partial charge is 0.316 e. The molecule has 0 unspecified atom stereocenters. The molecule has 0 aliphatic heterocycles. The second-order valence-electron chi connectivity index (χ2n) is 6.02. The van der Waals surface area contributed by atoms with Crippen molar-refractivity contribution in [3.63, 3.8) is 0 Å². The topological polar surface area (TPSA) is 167 Å². The third-order valence-electron chi connectivity index (χ3n) is 3.71. The van der Waals surface area contributed by atoms with E-state index in [0.717, 1.165) is 10.7 Å². The Bertz CT molecular complexity index is 1070. The summed E-state index contributed by atoms with van der Waals surface area (Å²) < 4.78 is 12.4. The lowest BCUT2D eigenvalue weighted by Crippen LogP contribution is -2.36. The first kappa shape index (κ1) is 21.9. The maximum Gasteiger partial charge on any atom is 0.316 e. The number of nitrogens with one attached hydrogen (secondary N) is 2. The molecule has 31 heavy (non-hydrogen) atoms. The van der Waals surface area contributed by atoms with E-state index in [4.69, 9.17) is 9.26 Å². The van der Waals surface area contributed by atoms with Crippen LogP contribution in [0.2, 0.25) is 0 Å². The van der Waals surface area contributed by atoms with Crippen molar-refractivity contribution in [1.29, 1.82) is 0 Å². The van der Waals surface area contributed by atoms with Crippen molar-refractivity contribution in [2.45, 2.75) is 6.54 Å². The van der Waals surface area contributed by atoms with Gasteiger partial charge in [0.05, 0.1) is 4.92 Å². The molecule has 0 aliphatic rings. The van der Waals surface area contributed by atoms with E-state index in [1.165, 1.54) is 10.9 Å². The Balaban J connectivity index is 1.36. The molecule has 0 spiro atoms. The van der Waals surface area contributed by atoms with E-state index in [0.29, 0.717) is 5.75 Å². The highest BCUT2D eigenvalue weighted by Crippen LogP contribution is 2.15. The van der Waals surface area contributed by atoms with Crippen molar-refractivity contribution in [3.8, 4) is 5.75 Å². The maximum atomic E-state index is 12.0. The molecule has 2 amide bonds. The predicted molar refractivity (Wildman–Crippen MR) is 107 cm³/mol. The van der Waals surface area contributed by atoms with Crippen molar-refractivity contribution < 1.29 is 23.8 Å². The van der Waals surface area contributed by atoms with E-state index in [1.54, 1.807) is 24.3 Å². The van der Waals surface area contributed by atoms with Crippen LogP contribution in [0.3, 0.4) is 0 Å². The average Bonchev–Trinajstić information content (AvgIpc) is 3.41. The van der Waals surface area contributed by atoms with Crippen LogP contribution in [0.5, 0.6) is 5.75 Å². The minimum atomic E-state index is -0.620. The van der Waals surface area contributed by atoms with Crippen LogP contribution in [-0.4, -0.2) is 56.4 Å². The Morgan fingerprint density at radius 2 is 1.97 bits per heavy atom. The first-order valence-electron chi connectivity index (χ1n) is 8.83. The molecule has 1 aromatic carbocycles. The van der Waals surface area contributed by atoms with Crippen LogP contribution in [0, 0.1) is 10.1 Å². The summed E-state index contributed by atoms with van der Waals surface area (Å²) in [6.45, 7) is 0.144. The molecule has 0 saturated carbocycles. The van der Waals surface area contributed by atoms with Crippen molar-refractivity contribution in [2.75, 3.05) is 19.7 Å². The summed E-state index contributed by atoms with van der Waals surface area (Å²) in [5.74, 6) is -0.553. The Morgan fingerprint density at radius 3 is 2.68 bits per heavy atom. The van der Waals surface area contributed by atoms with Gasteiger partial charge in [-0.25, -0.2) is 0 Å². The number of rotatable bonds is 10. The molecule has 13 nitrogen and oxygen atoms in total. The zero-order valence-electron chi connectivity index (χ0n) is 15.9. The number of aromatic nitrogens is 4. The van der Waals surface area contributed by atoms with Gasteiger partial charge in [0.2, 0.25) is 0 Å². The largest absolute Gasteiger partial charge is 0.484 e. The normalized spacial score (nSPS) is 10.5. The maximum absolute atomic E-state index is 12.0. The molecule has 0 saturated heterocycles. The van der Waals surface area contributed by atoms with Crippen LogP contribution >= 0.6 is 15.9 Å². The van der Waals surface area contributed by atoms with Gasteiger partial charge >= 0.3 is 17.5 Å². The van der Waals surface area contributed by atoms with Gasteiger partial charge in [0.15, 0.2) is 12.4 Å². The molecule has 14 heteroatoms. The van der Waals surface area contributed by atoms with E-state index >= 15 is 0 Å². The molecule has 3 rings (SSSR count). The summed E-state index contributed by atoms with van der Waals surface area (Å²) in [6, 6.07) is 7.04. The van der Waals surface area contributed by atoms with E-state index in [2.05, 4.69) is 41.8 Å². The highest BCUT2D eigenvalue weighted by atomic mass is 79.9. The molecule has 0 bridgehead atoms. The number of carbonyl (C=O) groups is 2. The van der Waals surface area contributed by atoms with Crippen LogP contribution in [0.4, 0.5) is 5.69 Å². The fraction of sp³-hybridized carbons (Fsp3) is 0.235. The fourth-order valence-corrected chi connectivity index (χ4v) is 2.54. The van der Waals surface area contributed by atoms with E-state index in [9.17, 15) is 19.7 Å². The molecule has 0 radical (unpaired) electrons. The van der Waals surface area contributed by atoms with Crippen molar-refractivity contribution in [1.82, 2.24) is 30.6 Å². The molecule has 162 valence electrons. The Labute approximate surface area is 183 Å². The standard InChI is InChI=1S/C17H16BrN7O6/c18-11-1-3-13(4-2-11)30-10-15(26)19-5-6-20-16(27)17-22-14(23-31-17)9-24-8-12(7-21-24)25(28)29/h1-4,7-8H,5-6,9-10H2,(H,19,26)(H,20,27). The molecule has 3 aromatic rings. The van der Waals surface area contributed by atoms with Crippen LogP contribution < -0.4 is 15.4 Å². The van der Waals surface area contributed by atoms with Gasteiger partial charge < -0.3 is 19.9 Å². The predicted octanol–water partition coefficient (Wildman–Crippen LogP) is 0.910. The summed E-state index contributed by atoms with van der Waals surface area (Å²) in [7, 11) is 0. The minimum absolute atomic E-state index is 0.000948. The van der Waals surface area contributed by atoms with Gasteiger partial charge in [-0.05, 0) is 24.3 Å². The molecule has 2 heterocycles. The lowest BCUT2D eigenvalue weighted by Gasteiger charge is -2.07. The number of hydrogen-bond donors (Lipinski definition) is 2. The number of benzene rings is 1. The number of halogens is 1. The Morgan fingerprint density at radius 1 is 1.23 bits per heavy atom. The summed E-state index contributed by atoms with van der Waals surface area (Å²) in [4.78, 5) is 37.8. The number of amides is 2. The number of carbonyl (C=O) groups excluding carboxylic acids is 2. The van der Waals surface area contributed by atoms with E-state index in [1.807, 2.05) is 0 Å². The monoisotopic (exact) mass is 493 g/mol. The fourth-order valence-electron chi connectivity index (χ4n) is 2.27. The van der Waals surface area contributed by atoms with E-state index < -0.39 is 10.8 Å². The summed E-state index contributed by atoms with van der Waals surface area (Å²) in [6.07, 6.45) is 2.30. The van der Waals surface area contributed by atoms with Crippen molar-refractivity contribution in [3.05, 3.63) is 63.0 Å². The number of nitrogens with zero attached hydrogens (tertiary/aromatic N) is 5. The third kappa shape index (κ3) is 6.60. The van der Waals surface area contributed by atoms with Crippen LogP contribution in [0.1, 0.15) is 16.5 Å². The Hall–Kier alpha value is -3.81.